The Kier molecular flexibility index (Phi) is 2.21. The van der Waals surface area contributed by atoms with Crippen LogP contribution in [0.3, 0.4) is 0 Å². The summed E-state index contributed by atoms with van der Waals surface area (Å²) in [6.07, 6.45) is 3.58. The van der Waals surface area contributed by atoms with Gasteiger partial charge >= 0.3 is 5.69 Å². The fourth-order valence-electron chi connectivity index (χ4n) is 2.31. The van der Waals surface area contributed by atoms with Crippen LogP contribution in [0.5, 0.6) is 0 Å². The smallest absolute Gasteiger partial charge is 0.317 e. The van der Waals surface area contributed by atoms with Crippen LogP contribution in [0, 0.1) is 0 Å². The Balaban J connectivity index is 2.14. The van der Waals surface area contributed by atoms with Gasteiger partial charge in [-0.05, 0) is 32.0 Å². The van der Waals surface area contributed by atoms with Gasteiger partial charge in [0, 0.05) is 6.04 Å². The number of rotatable bonds is 1. The van der Waals surface area contributed by atoms with Gasteiger partial charge < -0.3 is 5.32 Å². The van der Waals surface area contributed by atoms with E-state index in [1.165, 1.54) is 0 Å². The summed E-state index contributed by atoms with van der Waals surface area (Å²) in [4.78, 5) is 14.6. The topological polar surface area (TPSA) is 75.6 Å². The van der Waals surface area contributed by atoms with Crippen LogP contribution in [-0.2, 0) is 0 Å². The summed E-state index contributed by atoms with van der Waals surface area (Å²) in [6.45, 7) is 1.92. The van der Waals surface area contributed by atoms with Crippen LogP contribution in [-0.4, -0.2) is 32.8 Å². The molecule has 0 atom stereocenters. The van der Waals surface area contributed by atoms with Crippen molar-refractivity contribution in [3.05, 3.63) is 22.7 Å². The quantitative estimate of drug-likeness (QED) is 0.710. The molecule has 0 bridgehead atoms. The first-order valence-corrected chi connectivity index (χ1v) is 5.49. The zero-order valence-corrected chi connectivity index (χ0v) is 8.81. The largest absolute Gasteiger partial charge is 0.327 e. The van der Waals surface area contributed by atoms with E-state index >= 15 is 0 Å². The van der Waals surface area contributed by atoms with Crippen LogP contribution in [0.2, 0.25) is 0 Å². The summed E-state index contributed by atoms with van der Waals surface area (Å²) >= 11 is 0. The molecule has 0 spiro atoms. The number of imidazole rings is 1. The molecule has 84 valence electrons. The van der Waals surface area contributed by atoms with Gasteiger partial charge in [-0.2, -0.15) is 5.10 Å². The third-order valence-corrected chi connectivity index (χ3v) is 3.08. The Labute approximate surface area is 91.7 Å². The second-order valence-electron chi connectivity index (χ2n) is 4.05. The van der Waals surface area contributed by atoms with E-state index in [1.54, 1.807) is 6.20 Å². The third-order valence-electron chi connectivity index (χ3n) is 3.08. The molecule has 0 saturated carbocycles. The highest BCUT2D eigenvalue weighted by molar-refractivity contribution is 5.69. The summed E-state index contributed by atoms with van der Waals surface area (Å²) in [7, 11) is 0. The Hall–Kier alpha value is -1.69. The fourth-order valence-corrected chi connectivity index (χ4v) is 2.31. The van der Waals surface area contributed by atoms with Crippen LogP contribution < -0.4 is 11.0 Å². The number of aromatic amines is 1. The van der Waals surface area contributed by atoms with Crippen molar-refractivity contribution >= 4 is 11.2 Å². The molecule has 0 amide bonds. The van der Waals surface area contributed by atoms with E-state index in [4.69, 9.17) is 0 Å². The van der Waals surface area contributed by atoms with Gasteiger partial charge in [-0.3, -0.25) is 9.55 Å². The number of piperidine rings is 1. The van der Waals surface area contributed by atoms with Crippen molar-refractivity contribution in [2.45, 2.75) is 18.9 Å². The lowest BCUT2D eigenvalue weighted by Gasteiger charge is -2.23. The normalized spacial score (nSPS) is 18.0. The molecule has 16 heavy (non-hydrogen) atoms. The Bertz CT molecular complexity index is 552. The van der Waals surface area contributed by atoms with Gasteiger partial charge in [0.2, 0.25) is 0 Å². The van der Waals surface area contributed by atoms with E-state index in [2.05, 4.69) is 20.5 Å². The molecular formula is C10H13N5O. The minimum Gasteiger partial charge on any atom is -0.317 e. The predicted molar refractivity (Wildman–Crippen MR) is 59.3 cm³/mol. The van der Waals surface area contributed by atoms with Crippen LogP contribution in [0.1, 0.15) is 18.9 Å². The third kappa shape index (κ3) is 1.42. The first-order valence-electron chi connectivity index (χ1n) is 5.49. The van der Waals surface area contributed by atoms with Crippen molar-refractivity contribution in [1.29, 1.82) is 0 Å². The lowest BCUT2D eigenvalue weighted by Crippen LogP contribution is -2.33. The summed E-state index contributed by atoms with van der Waals surface area (Å²) < 4.78 is 1.81. The minimum atomic E-state index is -0.0811. The van der Waals surface area contributed by atoms with Crippen LogP contribution >= 0.6 is 0 Å². The average molecular weight is 219 g/mol. The second-order valence-corrected chi connectivity index (χ2v) is 4.05. The Morgan fingerprint density at radius 2 is 2.19 bits per heavy atom. The van der Waals surface area contributed by atoms with Gasteiger partial charge in [-0.25, -0.2) is 4.79 Å². The molecule has 0 aromatic carbocycles. The SMILES string of the molecule is O=c1[nH]c2nnccc2n1C1CCNCC1. The molecule has 1 saturated heterocycles. The lowest BCUT2D eigenvalue weighted by atomic mass is 10.1. The van der Waals surface area contributed by atoms with Gasteiger partial charge in [0.05, 0.1) is 11.7 Å². The fraction of sp³-hybridized carbons (Fsp3) is 0.500. The number of nitrogens with zero attached hydrogens (tertiary/aromatic N) is 3. The molecule has 3 rings (SSSR count). The maximum atomic E-state index is 11.9. The summed E-state index contributed by atoms with van der Waals surface area (Å²) in [5.74, 6) is 0. The van der Waals surface area contributed by atoms with Crippen molar-refractivity contribution in [2.24, 2.45) is 0 Å². The number of hydrogen-bond donors (Lipinski definition) is 2. The molecule has 2 aromatic rings. The standard InChI is InChI=1S/C10H13N5O/c16-10-13-9-8(3-6-12-14-9)15(10)7-1-4-11-5-2-7/h3,6-7,11H,1-2,4-5H2,(H,13,14,16). The van der Waals surface area contributed by atoms with Gasteiger partial charge in [0.15, 0.2) is 5.65 Å². The summed E-state index contributed by atoms with van der Waals surface area (Å²) in [5.41, 5.74) is 1.35. The summed E-state index contributed by atoms with van der Waals surface area (Å²) in [6, 6.07) is 2.11. The van der Waals surface area contributed by atoms with E-state index in [0.717, 1.165) is 31.4 Å². The molecule has 3 heterocycles. The van der Waals surface area contributed by atoms with E-state index in [-0.39, 0.29) is 11.7 Å². The van der Waals surface area contributed by atoms with Gasteiger partial charge in [-0.1, -0.05) is 0 Å². The highest BCUT2D eigenvalue weighted by atomic mass is 16.1. The molecule has 1 aliphatic rings. The number of hydrogen-bond acceptors (Lipinski definition) is 4. The van der Waals surface area contributed by atoms with Gasteiger partial charge in [-0.15, -0.1) is 5.10 Å². The van der Waals surface area contributed by atoms with Crippen molar-refractivity contribution in [3.63, 3.8) is 0 Å². The lowest BCUT2D eigenvalue weighted by molar-refractivity contribution is 0.368. The Morgan fingerprint density at radius 3 is 3.00 bits per heavy atom. The van der Waals surface area contributed by atoms with E-state index in [0.29, 0.717) is 5.65 Å². The number of aromatic nitrogens is 4. The molecule has 0 unspecified atom stereocenters. The highest BCUT2D eigenvalue weighted by Crippen LogP contribution is 2.20. The summed E-state index contributed by atoms with van der Waals surface area (Å²) in [5, 5.41) is 11.0. The average Bonchev–Trinajstić information content (AvgIpc) is 2.66. The maximum Gasteiger partial charge on any atom is 0.327 e. The first-order chi connectivity index (χ1) is 7.86. The number of fused-ring (bicyclic) bond motifs is 1. The minimum absolute atomic E-state index is 0.0811. The molecule has 1 aliphatic heterocycles. The molecule has 6 heteroatoms. The van der Waals surface area contributed by atoms with Gasteiger partial charge in [0.1, 0.15) is 0 Å². The molecule has 6 nitrogen and oxygen atoms in total. The zero-order valence-electron chi connectivity index (χ0n) is 8.81. The second kappa shape index (κ2) is 3.71. The molecule has 0 radical (unpaired) electrons. The molecule has 2 N–H and O–H groups in total. The predicted octanol–water partition coefficient (Wildman–Crippen LogP) is 0.0441. The van der Waals surface area contributed by atoms with E-state index < -0.39 is 0 Å². The first kappa shape index (κ1) is 9.53. The molecule has 1 fully saturated rings. The van der Waals surface area contributed by atoms with Crippen molar-refractivity contribution in [3.8, 4) is 0 Å². The number of H-pyrrole nitrogens is 1. The van der Waals surface area contributed by atoms with Crippen molar-refractivity contribution in [2.75, 3.05) is 13.1 Å². The van der Waals surface area contributed by atoms with Crippen molar-refractivity contribution < 1.29 is 0 Å². The molecule has 0 aliphatic carbocycles. The van der Waals surface area contributed by atoms with Gasteiger partial charge in [0.25, 0.3) is 0 Å². The molecule has 2 aromatic heterocycles. The monoisotopic (exact) mass is 219 g/mol. The zero-order chi connectivity index (χ0) is 11.0. The van der Waals surface area contributed by atoms with Crippen LogP contribution in [0.25, 0.3) is 11.2 Å². The van der Waals surface area contributed by atoms with E-state index in [9.17, 15) is 4.79 Å². The highest BCUT2D eigenvalue weighted by Gasteiger charge is 2.19. The van der Waals surface area contributed by atoms with Crippen molar-refractivity contribution in [1.82, 2.24) is 25.1 Å². The van der Waals surface area contributed by atoms with Crippen LogP contribution in [0.4, 0.5) is 0 Å². The number of nitrogens with one attached hydrogen (secondary N) is 2. The maximum absolute atomic E-state index is 11.9. The molecular weight excluding hydrogens is 206 g/mol. The Morgan fingerprint density at radius 1 is 1.38 bits per heavy atom. The van der Waals surface area contributed by atoms with Crippen LogP contribution in [0.15, 0.2) is 17.1 Å². The van der Waals surface area contributed by atoms with E-state index in [1.807, 2.05) is 10.6 Å².